The summed E-state index contributed by atoms with van der Waals surface area (Å²) in [7, 11) is 0. The number of aromatic nitrogens is 5. The number of nitrogens with zero attached hydrogens (tertiary/aromatic N) is 5. The van der Waals surface area contributed by atoms with Gasteiger partial charge in [0.1, 0.15) is 11.3 Å². The first-order valence-electron chi connectivity index (χ1n) is 19.8. The van der Waals surface area contributed by atoms with Gasteiger partial charge in [0.05, 0.1) is 33.2 Å². The third-order valence-corrected chi connectivity index (χ3v) is 11.2. The Hall–Kier alpha value is -6.99. The molecule has 284 valence electrons. The molecule has 10 rings (SSSR count). The lowest BCUT2D eigenvalue weighted by Gasteiger charge is -2.23. The molecule has 0 fully saturated rings. The van der Waals surface area contributed by atoms with Crippen molar-refractivity contribution in [3.05, 3.63) is 157 Å². The van der Waals surface area contributed by atoms with E-state index >= 15 is 0 Å². The van der Waals surface area contributed by atoms with E-state index in [1.54, 1.807) is 10.6 Å². The number of hydrogen-bond donors (Lipinski definition) is 1. The van der Waals surface area contributed by atoms with Gasteiger partial charge in [0, 0.05) is 23.0 Å². The molecule has 6 aromatic carbocycles. The number of imidazole rings is 2. The minimum atomic E-state index is -0.0909. The molecule has 4 heterocycles. The maximum atomic E-state index is 11.9. The molecule has 0 aliphatic carbocycles. The van der Waals surface area contributed by atoms with Crippen molar-refractivity contribution in [2.75, 3.05) is 0 Å². The second kappa shape index (κ2) is 13.0. The summed E-state index contributed by atoms with van der Waals surface area (Å²) in [6, 6.07) is 47.7. The lowest BCUT2D eigenvalue weighted by molar-refractivity contribution is 0.422. The van der Waals surface area contributed by atoms with Crippen molar-refractivity contribution in [3.63, 3.8) is 0 Å². The van der Waals surface area contributed by atoms with Gasteiger partial charge in [0.25, 0.3) is 0 Å². The van der Waals surface area contributed by atoms with Crippen LogP contribution >= 0.6 is 0 Å². The molecule has 0 spiro atoms. The predicted octanol–water partition coefficient (Wildman–Crippen LogP) is 12.9. The zero-order valence-electron chi connectivity index (χ0n) is 33.4. The van der Waals surface area contributed by atoms with Crippen LogP contribution < -0.4 is 0 Å². The van der Waals surface area contributed by atoms with E-state index in [9.17, 15) is 5.11 Å². The number of benzene rings is 6. The molecule has 0 atom stereocenters. The van der Waals surface area contributed by atoms with E-state index in [0.29, 0.717) is 33.7 Å². The summed E-state index contributed by atoms with van der Waals surface area (Å²) in [6.45, 7) is 13.4. The molecule has 0 aliphatic heterocycles. The van der Waals surface area contributed by atoms with E-state index in [0.717, 1.165) is 50.1 Å². The van der Waals surface area contributed by atoms with Gasteiger partial charge in [0.15, 0.2) is 17.1 Å². The lowest BCUT2D eigenvalue weighted by Crippen LogP contribution is -2.12. The largest absolute Gasteiger partial charge is 0.507 e. The Labute approximate surface area is 336 Å². The highest BCUT2D eigenvalue weighted by molar-refractivity contribution is 6.04. The van der Waals surface area contributed by atoms with Crippen LogP contribution in [0.4, 0.5) is 0 Å². The molecule has 0 bridgehead atoms. The summed E-state index contributed by atoms with van der Waals surface area (Å²) in [4.78, 5) is 15.3. The van der Waals surface area contributed by atoms with E-state index in [2.05, 4.69) is 149 Å². The summed E-state index contributed by atoms with van der Waals surface area (Å²) in [6.07, 6.45) is 1.90. The van der Waals surface area contributed by atoms with Gasteiger partial charge in [-0.15, -0.1) is 0 Å². The molecular formula is C51H43N5O2. The SMILES string of the molecule is CC(C)(C)c1cccc(-n2c(-c3c(O)ccc4nc5c6ccccc6on5c34)nc3c(-c4cccc(-c5cc(-c6ccccc6C(C)(C)C)ccn5)c4)cccc32)c1. The van der Waals surface area contributed by atoms with Crippen LogP contribution in [-0.4, -0.2) is 29.2 Å². The van der Waals surface area contributed by atoms with Crippen molar-refractivity contribution in [1.82, 2.24) is 24.1 Å². The zero-order chi connectivity index (χ0) is 39.9. The van der Waals surface area contributed by atoms with E-state index in [1.165, 1.54) is 16.7 Å². The van der Waals surface area contributed by atoms with Crippen LogP contribution in [0, 0.1) is 0 Å². The molecule has 0 unspecified atom stereocenters. The second-order valence-electron chi connectivity index (χ2n) is 17.2. The number of para-hydroxylation sites is 2. The van der Waals surface area contributed by atoms with E-state index in [4.69, 9.17) is 19.5 Å². The average molecular weight is 758 g/mol. The number of phenolic OH excluding ortho intramolecular Hbond substituents is 1. The Balaban J connectivity index is 1.19. The fourth-order valence-electron chi connectivity index (χ4n) is 8.30. The van der Waals surface area contributed by atoms with Crippen LogP contribution in [-0.2, 0) is 10.8 Å². The molecule has 0 saturated heterocycles. The van der Waals surface area contributed by atoms with Crippen molar-refractivity contribution in [1.29, 1.82) is 0 Å². The lowest BCUT2D eigenvalue weighted by atomic mass is 9.82. The maximum Gasteiger partial charge on any atom is 0.181 e. The summed E-state index contributed by atoms with van der Waals surface area (Å²) in [5.74, 6) is 0.669. The number of aromatic hydroxyl groups is 1. The van der Waals surface area contributed by atoms with Gasteiger partial charge in [-0.3, -0.25) is 9.55 Å². The van der Waals surface area contributed by atoms with Crippen molar-refractivity contribution < 1.29 is 9.63 Å². The van der Waals surface area contributed by atoms with Gasteiger partial charge >= 0.3 is 0 Å². The molecule has 4 aromatic heterocycles. The molecule has 58 heavy (non-hydrogen) atoms. The normalized spacial score (nSPS) is 12.4. The van der Waals surface area contributed by atoms with Gasteiger partial charge in [-0.1, -0.05) is 120 Å². The van der Waals surface area contributed by atoms with Crippen LogP contribution in [0.1, 0.15) is 52.7 Å². The molecule has 1 N–H and O–H groups in total. The molecular weight excluding hydrogens is 715 g/mol. The highest BCUT2D eigenvalue weighted by Gasteiger charge is 2.27. The highest BCUT2D eigenvalue weighted by Crippen LogP contribution is 2.43. The Kier molecular flexibility index (Phi) is 7.96. The topological polar surface area (TPSA) is 81.4 Å². The predicted molar refractivity (Wildman–Crippen MR) is 236 cm³/mol. The second-order valence-corrected chi connectivity index (χ2v) is 17.2. The van der Waals surface area contributed by atoms with Crippen LogP contribution in [0.2, 0.25) is 0 Å². The minimum Gasteiger partial charge on any atom is -0.507 e. The van der Waals surface area contributed by atoms with Crippen molar-refractivity contribution in [2.45, 2.75) is 52.4 Å². The molecule has 10 aromatic rings. The molecule has 0 radical (unpaired) electrons. The van der Waals surface area contributed by atoms with Gasteiger partial charge in [-0.05, 0) is 99.3 Å². The van der Waals surface area contributed by atoms with E-state index in [1.807, 2.05) is 36.5 Å². The number of rotatable bonds is 5. The van der Waals surface area contributed by atoms with Crippen LogP contribution in [0.25, 0.3) is 89.3 Å². The standard InChI is InChI=1S/C51H43N5O2/c1-50(2,3)34-16-12-17-35(30-34)55-42-22-13-20-37(31-14-11-15-33(28-31)41-29-32(26-27-52-41)36-18-7-9-21-39(36)51(4,5)6)46(42)54-49(55)45-43(57)25-24-40-47(45)56-48(53-40)38-19-8-10-23-44(38)58-56/h7-30,57H,1-6H3. The fourth-order valence-corrected chi connectivity index (χ4v) is 8.30. The number of hydrogen-bond acceptors (Lipinski definition) is 5. The summed E-state index contributed by atoms with van der Waals surface area (Å²) in [5.41, 5.74) is 14.6. The van der Waals surface area contributed by atoms with Crippen LogP contribution in [0.3, 0.4) is 0 Å². The Bertz CT molecular complexity index is 3220. The van der Waals surface area contributed by atoms with Gasteiger partial charge in [-0.25, -0.2) is 9.97 Å². The highest BCUT2D eigenvalue weighted by atomic mass is 16.5. The number of phenols is 1. The zero-order valence-corrected chi connectivity index (χ0v) is 33.4. The first-order valence-corrected chi connectivity index (χ1v) is 19.8. The van der Waals surface area contributed by atoms with E-state index in [-0.39, 0.29) is 16.6 Å². The van der Waals surface area contributed by atoms with E-state index < -0.39 is 0 Å². The van der Waals surface area contributed by atoms with Crippen molar-refractivity contribution >= 4 is 38.7 Å². The Morgan fingerprint density at radius 3 is 2.21 bits per heavy atom. The third-order valence-electron chi connectivity index (χ3n) is 11.2. The summed E-state index contributed by atoms with van der Waals surface area (Å²) >= 11 is 0. The van der Waals surface area contributed by atoms with Gasteiger partial charge < -0.3 is 9.63 Å². The Morgan fingerprint density at radius 1 is 0.621 bits per heavy atom. The van der Waals surface area contributed by atoms with Gasteiger partial charge in [-0.2, -0.15) is 4.57 Å². The third kappa shape index (κ3) is 5.76. The molecule has 7 heteroatoms. The summed E-state index contributed by atoms with van der Waals surface area (Å²) in [5, 5.41) is 12.8. The minimum absolute atomic E-state index is 0.00657. The van der Waals surface area contributed by atoms with Crippen molar-refractivity contribution in [2.24, 2.45) is 0 Å². The quantitative estimate of drug-likeness (QED) is 0.189. The first kappa shape index (κ1) is 35.4. The molecule has 0 aliphatic rings. The maximum absolute atomic E-state index is 11.9. The first-order chi connectivity index (χ1) is 27.9. The number of fused-ring (bicyclic) bond motifs is 6. The fraction of sp³-hybridized carbons (Fsp3) is 0.157. The van der Waals surface area contributed by atoms with Crippen molar-refractivity contribution in [3.8, 4) is 56.3 Å². The molecule has 7 nitrogen and oxygen atoms in total. The van der Waals surface area contributed by atoms with Crippen LogP contribution in [0.5, 0.6) is 5.75 Å². The Morgan fingerprint density at radius 2 is 1.36 bits per heavy atom. The van der Waals surface area contributed by atoms with Gasteiger partial charge in [0.2, 0.25) is 0 Å². The smallest absolute Gasteiger partial charge is 0.181 e. The monoisotopic (exact) mass is 757 g/mol. The molecule has 0 saturated carbocycles. The molecule has 0 amide bonds. The number of pyridine rings is 1. The average Bonchev–Trinajstić information content (AvgIpc) is 3.90. The van der Waals surface area contributed by atoms with Crippen LogP contribution in [0.15, 0.2) is 150 Å². The summed E-state index contributed by atoms with van der Waals surface area (Å²) < 4.78 is 10.3.